The Hall–Kier alpha value is -2.02. The minimum Gasteiger partial charge on any atom is -0.497 e. The second-order valence-corrected chi connectivity index (χ2v) is 7.58. The number of nitrogens with two attached hydrogens (primary N) is 1. The lowest BCUT2D eigenvalue weighted by molar-refractivity contribution is 0.415. The molecule has 7 heteroatoms. The van der Waals surface area contributed by atoms with Crippen molar-refractivity contribution in [3.63, 3.8) is 0 Å². The first-order chi connectivity index (χ1) is 11.5. The van der Waals surface area contributed by atoms with Crippen LogP contribution in [0.4, 0.5) is 0 Å². The van der Waals surface area contributed by atoms with Gasteiger partial charge in [-0.05, 0) is 61.0 Å². The molecule has 0 unspecified atom stereocenters. The molecule has 0 radical (unpaired) electrons. The Morgan fingerprint density at radius 3 is 2.50 bits per heavy atom. The summed E-state index contributed by atoms with van der Waals surface area (Å²) in [6.07, 6.45) is 2.20. The lowest BCUT2D eigenvalue weighted by atomic mass is 10.1. The molecule has 1 heterocycles. The van der Waals surface area contributed by atoms with Crippen LogP contribution in [0.1, 0.15) is 5.56 Å². The molecule has 0 spiro atoms. The topological polar surface area (TPSA) is 74.3 Å². The van der Waals surface area contributed by atoms with Gasteiger partial charge in [-0.3, -0.25) is 0 Å². The second-order valence-electron chi connectivity index (χ2n) is 5.33. The van der Waals surface area contributed by atoms with E-state index in [0.29, 0.717) is 29.3 Å². The van der Waals surface area contributed by atoms with Crippen LogP contribution in [0.5, 0.6) is 5.75 Å². The molecule has 2 aromatic carbocycles. The number of nitrogens with zero attached hydrogens (tertiary/aromatic N) is 1. The summed E-state index contributed by atoms with van der Waals surface area (Å²) in [6.45, 7) is 0.428. The molecule has 2 N–H and O–H groups in total. The molecule has 24 heavy (non-hydrogen) atoms. The highest BCUT2D eigenvalue weighted by Crippen LogP contribution is 2.29. The van der Waals surface area contributed by atoms with E-state index in [0.717, 1.165) is 10.9 Å². The summed E-state index contributed by atoms with van der Waals surface area (Å²) < 4.78 is 32.5. The third kappa shape index (κ3) is 2.88. The summed E-state index contributed by atoms with van der Waals surface area (Å²) in [6, 6.07) is 11.4. The zero-order chi connectivity index (χ0) is 17.3. The molecular weight excluding hydrogens is 348 g/mol. The zero-order valence-electron chi connectivity index (χ0n) is 13.1. The van der Waals surface area contributed by atoms with Gasteiger partial charge in [0.05, 0.1) is 17.5 Å². The zero-order valence-corrected chi connectivity index (χ0v) is 14.6. The maximum Gasteiger partial charge on any atom is 0.268 e. The first kappa shape index (κ1) is 16.8. The molecule has 5 nitrogen and oxygen atoms in total. The van der Waals surface area contributed by atoms with Crippen molar-refractivity contribution in [3.8, 4) is 5.75 Å². The average Bonchev–Trinajstić information content (AvgIpc) is 2.94. The summed E-state index contributed by atoms with van der Waals surface area (Å²) in [5.74, 6) is 0.669. The standard InChI is InChI=1S/C17H17ClN2O3S/c1-23-14-4-7-17-16(10-14)12(8-9-19)11-20(17)24(21,22)15-5-2-13(18)3-6-15/h2-7,10-11H,8-9,19H2,1H3. The van der Waals surface area contributed by atoms with E-state index in [-0.39, 0.29) is 4.90 Å². The Morgan fingerprint density at radius 1 is 1.17 bits per heavy atom. The second kappa shape index (κ2) is 6.47. The van der Waals surface area contributed by atoms with Gasteiger partial charge in [-0.25, -0.2) is 12.4 Å². The van der Waals surface area contributed by atoms with Gasteiger partial charge in [-0.15, -0.1) is 0 Å². The summed E-state index contributed by atoms with van der Waals surface area (Å²) in [7, 11) is -2.15. The molecular formula is C17H17ClN2O3S. The molecule has 3 rings (SSSR count). The number of hydrogen-bond acceptors (Lipinski definition) is 4. The fourth-order valence-corrected chi connectivity index (χ4v) is 4.16. The van der Waals surface area contributed by atoms with E-state index in [1.807, 2.05) is 6.07 Å². The minimum atomic E-state index is -3.72. The van der Waals surface area contributed by atoms with Crippen LogP contribution in [0.15, 0.2) is 53.6 Å². The average molecular weight is 365 g/mol. The van der Waals surface area contributed by atoms with E-state index in [2.05, 4.69) is 0 Å². The van der Waals surface area contributed by atoms with Crippen molar-refractivity contribution < 1.29 is 13.2 Å². The van der Waals surface area contributed by atoms with E-state index in [9.17, 15) is 8.42 Å². The van der Waals surface area contributed by atoms with Gasteiger partial charge in [0.15, 0.2) is 0 Å². The van der Waals surface area contributed by atoms with E-state index in [4.69, 9.17) is 22.1 Å². The predicted octanol–water partition coefficient (Wildman–Crippen LogP) is 3.04. The summed E-state index contributed by atoms with van der Waals surface area (Å²) in [5, 5.41) is 1.30. The van der Waals surface area contributed by atoms with Gasteiger partial charge in [0, 0.05) is 16.6 Å². The Morgan fingerprint density at radius 2 is 1.88 bits per heavy atom. The van der Waals surface area contributed by atoms with Crippen LogP contribution in [0.2, 0.25) is 5.02 Å². The van der Waals surface area contributed by atoms with Crippen molar-refractivity contribution in [2.24, 2.45) is 5.73 Å². The highest BCUT2D eigenvalue weighted by Gasteiger charge is 2.21. The van der Waals surface area contributed by atoms with Gasteiger partial charge in [-0.2, -0.15) is 0 Å². The minimum absolute atomic E-state index is 0.180. The van der Waals surface area contributed by atoms with Crippen molar-refractivity contribution >= 4 is 32.5 Å². The number of methoxy groups -OCH3 is 1. The van der Waals surface area contributed by atoms with Crippen LogP contribution in [0.25, 0.3) is 10.9 Å². The molecule has 0 atom stereocenters. The number of rotatable bonds is 5. The maximum atomic E-state index is 13.0. The molecule has 1 aromatic heterocycles. The van der Waals surface area contributed by atoms with E-state index in [1.165, 1.54) is 16.1 Å². The summed E-state index contributed by atoms with van der Waals surface area (Å²) >= 11 is 5.85. The molecule has 3 aromatic rings. The molecule has 126 valence electrons. The number of halogens is 1. The van der Waals surface area contributed by atoms with Crippen molar-refractivity contribution in [1.82, 2.24) is 3.97 Å². The normalized spacial score (nSPS) is 11.8. The Kier molecular flexibility index (Phi) is 4.54. The van der Waals surface area contributed by atoms with E-state index < -0.39 is 10.0 Å². The van der Waals surface area contributed by atoms with Crippen molar-refractivity contribution in [1.29, 1.82) is 0 Å². The smallest absolute Gasteiger partial charge is 0.268 e. The number of benzene rings is 2. The quantitative estimate of drug-likeness (QED) is 0.755. The van der Waals surface area contributed by atoms with Gasteiger partial charge >= 0.3 is 0 Å². The van der Waals surface area contributed by atoms with E-state index in [1.54, 1.807) is 37.6 Å². The lowest BCUT2D eigenvalue weighted by Crippen LogP contribution is -2.12. The van der Waals surface area contributed by atoms with Crippen LogP contribution in [0.3, 0.4) is 0 Å². The van der Waals surface area contributed by atoms with Gasteiger partial charge in [-0.1, -0.05) is 11.6 Å². The van der Waals surface area contributed by atoms with Crippen LogP contribution in [-0.4, -0.2) is 26.0 Å². The Labute approximate surface area is 145 Å². The predicted molar refractivity (Wildman–Crippen MR) is 95.3 cm³/mol. The highest BCUT2D eigenvalue weighted by molar-refractivity contribution is 7.90. The summed E-state index contributed by atoms with van der Waals surface area (Å²) in [5.41, 5.74) is 7.12. The molecule has 0 fully saturated rings. The van der Waals surface area contributed by atoms with Gasteiger partial charge in [0.25, 0.3) is 10.0 Å². The molecule has 0 aliphatic carbocycles. The molecule has 0 aliphatic heterocycles. The van der Waals surface area contributed by atoms with Crippen LogP contribution in [-0.2, 0) is 16.4 Å². The summed E-state index contributed by atoms with van der Waals surface area (Å²) in [4.78, 5) is 0.180. The fraction of sp³-hybridized carbons (Fsp3) is 0.176. The van der Waals surface area contributed by atoms with Crippen molar-refractivity contribution in [2.45, 2.75) is 11.3 Å². The number of ether oxygens (including phenoxy) is 1. The largest absolute Gasteiger partial charge is 0.497 e. The van der Waals surface area contributed by atoms with Gasteiger partial charge < -0.3 is 10.5 Å². The lowest BCUT2D eigenvalue weighted by Gasteiger charge is -2.08. The Bertz CT molecular complexity index is 979. The van der Waals surface area contributed by atoms with Crippen molar-refractivity contribution in [3.05, 3.63) is 59.2 Å². The van der Waals surface area contributed by atoms with Crippen LogP contribution < -0.4 is 10.5 Å². The van der Waals surface area contributed by atoms with Crippen LogP contribution in [0, 0.1) is 0 Å². The molecule has 0 saturated carbocycles. The first-order valence-electron chi connectivity index (χ1n) is 7.36. The van der Waals surface area contributed by atoms with E-state index >= 15 is 0 Å². The number of hydrogen-bond donors (Lipinski definition) is 1. The highest BCUT2D eigenvalue weighted by atomic mass is 35.5. The number of aromatic nitrogens is 1. The monoisotopic (exact) mass is 364 g/mol. The van der Waals surface area contributed by atoms with Crippen LogP contribution >= 0.6 is 11.6 Å². The fourth-order valence-electron chi connectivity index (χ4n) is 2.65. The van der Waals surface area contributed by atoms with Crippen molar-refractivity contribution in [2.75, 3.05) is 13.7 Å². The first-order valence-corrected chi connectivity index (χ1v) is 9.18. The van der Waals surface area contributed by atoms with Gasteiger partial charge in [0.2, 0.25) is 0 Å². The molecule has 0 saturated heterocycles. The SMILES string of the molecule is COc1ccc2c(c1)c(CCN)cn2S(=O)(=O)c1ccc(Cl)cc1. The molecule has 0 amide bonds. The third-order valence-corrected chi connectivity index (χ3v) is 5.78. The number of fused-ring (bicyclic) bond motifs is 1. The molecule has 0 aliphatic rings. The maximum absolute atomic E-state index is 13.0. The Balaban J connectivity index is 2.23. The van der Waals surface area contributed by atoms with Gasteiger partial charge in [0.1, 0.15) is 5.75 Å². The third-order valence-electron chi connectivity index (χ3n) is 3.84. The molecule has 0 bridgehead atoms.